The number of ether oxygens (including phenoxy) is 1. The normalized spacial score (nSPS) is 15.0. The summed E-state index contributed by atoms with van der Waals surface area (Å²) in [5.41, 5.74) is 2.82. The van der Waals surface area contributed by atoms with E-state index in [0.717, 1.165) is 5.56 Å². The van der Waals surface area contributed by atoms with Crippen LogP contribution in [0.4, 0.5) is 0 Å². The number of carbonyl (C=O) groups excluding carboxylic acids is 2. The summed E-state index contributed by atoms with van der Waals surface area (Å²) in [6.45, 7) is 5.13. The van der Waals surface area contributed by atoms with Crippen molar-refractivity contribution in [3.05, 3.63) is 82.1 Å². The third-order valence-electron chi connectivity index (χ3n) is 4.19. The molecule has 28 heavy (non-hydrogen) atoms. The van der Waals surface area contributed by atoms with E-state index in [1.807, 2.05) is 13.0 Å². The molecule has 1 heterocycles. The van der Waals surface area contributed by atoms with Crippen LogP contribution in [-0.4, -0.2) is 35.1 Å². The highest BCUT2D eigenvalue weighted by Crippen LogP contribution is 2.26. The minimum absolute atomic E-state index is 0.0393. The van der Waals surface area contributed by atoms with E-state index in [9.17, 15) is 14.7 Å². The number of fused-ring (bicyclic) bond motifs is 1. The van der Waals surface area contributed by atoms with Crippen LogP contribution in [0, 0.1) is 6.92 Å². The molecule has 0 bridgehead atoms. The molecule has 0 saturated heterocycles. The van der Waals surface area contributed by atoms with Crippen LogP contribution in [0.1, 0.15) is 40.9 Å². The van der Waals surface area contributed by atoms with Gasteiger partial charge in [0.05, 0.1) is 12.3 Å². The van der Waals surface area contributed by atoms with E-state index >= 15 is 0 Å². The molecule has 0 spiro atoms. The maximum absolute atomic E-state index is 12.6. The van der Waals surface area contributed by atoms with Crippen LogP contribution < -0.4 is 0 Å². The Hall–Kier alpha value is -3.54. The fourth-order valence-corrected chi connectivity index (χ4v) is 2.94. The van der Waals surface area contributed by atoms with Gasteiger partial charge < -0.3 is 9.84 Å². The molecule has 6 nitrogen and oxygen atoms in total. The van der Waals surface area contributed by atoms with Crippen LogP contribution in [0.2, 0.25) is 0 Å². The number of carbonyl (C=O) groups is 2. The Morgan fingerprint density at radius 3 is 2.46 bits per heavy atom. The second-order valence-electron chi connectivity index (χ2n) is 6.30. The number of amides is 1. The number of benzene rings is 2. The first-order chi connectivity index (χ1) is 13.4. The zero-order chi connectivity index (χ0) is 20.3. The number of aliphatic hydroxyl groups excluding tert-OH is 1. The second kappa shape index (κ2) is 8.00. The zero-order valence-corrected chi connectivity index (χ0v) is 15.9. The molecule has 3 rings (SSSR count). The fourth-order valence-electron chi connectivity index (χ4n) is 2.94. The third-order valence-corrected chi connectivity index (χ3v) is 4.19. The topological polar surface area (TPSA) is 88.3 Å². The van der Waals surface area contributed by atoms with Gasteiger partial charge in [0.1, 0.15) is 11.3 Å². The Balaban J connectivity index is 2.10. The van der Waals surface area contributed by atoms with E-state index in [0.29, 0.717) is 16.7 Å². The minimum atomic E-state index is -0.678. The van der Waals surface area contributed by atoms with Gasteiger partial charge in [-0.2, -0.15) is 4.99 Å². The van der Waals surface area contributed by atoms with Crippen molar-refractivity contribution in [1.29, 1.82) is 0 Å². The molecule has 1 aliphatic heterocycles. The fraction of sp³-hybridized carbons (Fsp3) is 0.182. The summed E-state index contributed by atoms with van der Waals surface area (Å²) in [7, 11) is 0. The van der Waals surface area contributed by atoms with Crippen LogP contribution in [0.15, 0.2) is 69.8 Å². The van der Waals surface area contributed by atoms with Crippen molar-refractivity contribution in [1.82, 2.24) is 0 Å². The number of aliphatic hydroxyl groups is 1. The monoisotopic (exact) mass is 376 g/mol. The van der Waals surface area contributed by atoms with E-state index in [1.165, 1.54) is 6.92 Å². The van der Waals surface area contributed by atoms with E-state index in [4.69, 9.17) is 4.74 Å². The predicted octanol–water partition coefficient (Wildman–Crippen LogP) is 3.78. The number of allylic oxidation sites excluding steroid dienone is 1. The number of hydrogen-bond acceptors (Lipinski definition) is 4. The standard InChI is InChI=1S/C22H20N2O4/c1-4-28-22(27)18(14(3)25)19-16-10-5-6-11-17(16)20(23-19)24-21(26)15-9-7-8-13(2)12-15/h5-12,25H,4H2,1-3H3/b18-14-,24-20?. The van der Waals surface area contributed by atoms with Gasteiger partial charge in [0.2, 0.25) is 0 Å². The minimum Gasteiger partial charge on any atom is -0.512 e. The Labute approximate surface area is 162 Å². The summed E-state index contributed by atoms with van der Waals surface area (Å²) in [6.07, 6.45) is 0. The van der Waals surface area contributed by atoms with Crippen LogP contribution >= 0.6 is 0 Å². The van der Waals surface area contributed by atoms with Gasteiger partial charge in [-0.1, -0.05) is 42.0 Å². The Kier molecular flexibility index (Phi) is 5.49. The Bertz CT molecular complexity index is 1040. The van der Waals surface area contributed by atoms with Crippen LogP contribution in [0.25, 0.3) is 0 Å². The molecule has 0 fully saturated rings. The van der Waals surface area contributed by atoms with Gasteiger partial charge in [0.25, 0.3) is 5.91 Å². The van der Waals surface area contributed by atoms with Crippen LogP contribution in [0.5, 0.6) is 0 Å². The quantitative estimate of drug-likeness (QED) is 0.500. The smallest absolute Gasteiger partial charge is 0.343 e. The lowest BCUT2D eigenvalue weighted by Gasteiger charge is -2.08. The largest absolute Gasteiger partial charge is 0.512 e. The molecule has 2 aromatic rings. The number of aliphatic imine (C=N–C) groups is 2. The first-order valence-electron chi connectivity index (χ1n) is 8.87. The van der Waals surface area contributed by atoms with Gasteiger partial charge in [-0.15, -0.1) is 0 Å². The molecular weight excluding hydrogens is 356 g/mol. The lowest BCUT2D eigenvalue weighted by molar-refractivity contribution is -0.138. The SMILES string of the molecule is CCOC(=O)/C(C1=NC(=NC(=O)c2cccc(C)c2)c2ccccc21)=C(/C)O. The van der Waals surface area contributed by atoms with E-state index in [-0.39, 0.29) is 29.5 Å². The number of aryl methyl sites for hydroxylation is 1. The zero-order valence-electron chi connectivity index (χ0n) is 15.9. The van der Waals surface area contributed by atoms with Crippen molar-refractivity contribution in [3.63, 3.8) is 0 Å². The summed E-state index contributed by atoms with van der Waals surface area (Å²) in [5.74, 6) is -1.12. The molecule has 2 aromatic carbocycles. The van der Waals surface area contributed by atoms with Gasteiger partial charge in [0, 0.05) is 16.7 Å². The summed E-state index contributed by atoms with van der Waals surface area (Å²) in [5, 5.41) is 10.1. The second-order valence-corrected chi connectivity index (χ2v) is 6.30. The highest BCUT2D eigenvalue weighted by molar-refractivity contribution is 6.36. The third kappa shape index (κ3) is 3.76. The molecule has 1 amide bonds. The van der Waals surface area contributed by atoms with Crippen molar-refractivity contribution in [3.8, 4) is 0 Å². The van der Waals surface area contributed by atoms with Gasteiger partial charge >= 0.3 is 5.97 Å². The maximum atomic E-state index is 12.6. The number of nitrogens with zero attached hydrogens (tertiary/aromatic N) is 2. The van der Waals surface area contributed by atoms with Gasteiger partial charge in [-0.25, -0.2) is 9.79 Å². The average Bonchev–Trinajstić information content (AvgIpc) is 3.00. The van der Waals surface area contributed by atoms with Crippen molar-refractivity contribution in [2.24, 2.45) is 9.98 Å². The molecule has 0 unspecified atom stereocenters. The first kappa shape index (κ1) is 19.2. The molecule has 0 atom stereocenters. The molecule has 0 aromatic heterocycles. The molecule has 1 aliphatic rings. The summed E-state index contributed by atoms with van der Waals surface area (Å²) < 4.78 is 5.05. The van der Waals surface area contributed by atoms with Crippen molar-refractivity contribution < 1.29 is 19.4 Å². The van der Waals surface area contributed by atoms with E-state index in [1.54, 1.807) is 49.4 Å². The Morgan fingerprint density at radius 2 is 1.82 bits per heavy atom. The highest BCUT2D eigenvalue weighted by atomic mass is 16.5. The average molecular weight is 376 g/mol. The van der Waals surface area contributed by atoms with Gasteiger partial charge in [0.15, 0.2) is 5.84 Å². The molecular formula is C22H20N2O4. The van der Waals surface area contributed by atoms with Crippen LogP contribution in [0.3, 0.4) is 0 Å². The van der Waals surface area contributed by atoms with E-state index < -0.39 is 11.9 Å². The molecule has 0 aliphatic carbocycles. The molecule has 6 heteroatoms. The van der Waals surface area contributed by atoms with Crippen molar-refractivity contribution >= 4 is 23.4 Å². The van der Waals surface area contributed by atoms with E-state index in [2.05, 4.69) is 9.98 Å². The molecule has 142 valence electrons. The summed E-state index contributed by atoms with van der Waals surface area (Å²) in [4.78, 5) is 33.5. The van der Waals surface area contributed by atoms with Crippen molar-refractivity contribution in [2.45, 2.75) is 20.8 Å². The maximum Gasteiger partial charge on any atom is 0.343 e. The van der Waals surface area contributed by atoms with Gasteiger partial charge in [-0.05, 0) is 32.9 Å². The first-order valence-corrected chi connectivity index (χ1v) is 8.87. The predicted molar refractivity (Wildman–Crippen MR) is 107 cm³/mol. The van der Waals surface area contributed by atoms with Crippen molar-refractivity contribution in [2.75, 3.05) is 6.61 Å². The number of amidine groups is 1. The lowest BCUT2D eigenvalue weighted by atomic mass is 9.99. The lowest BCUT2D eigenvalue weighted by Crippen LogP contribution is -2.18. The number of esters is 1. The Morgan fingerprint density at radius 1 is 1.11 bits per heavy atom. The highest BCUT2D eigenvalue weighted by Gasteiger charge is 2.30. The molecule has 0 saturated carbocycles. The van der Waals surface area contributed by atoms with Gasteiger partial charge in [-0.3, -0.25) is 4.79 Å². The number of hydrogen-bond donors (Lipinski definition) is 1. The van der Waals surface area contributed by atoms with Crippen LogP contribution in [-0.2, 0) is 9.53 Å². The molecule has 1 N–H and O–H groups in total. The summed E-state index contributed by atoms with van der Waals surface area (Å²) in [6, 6.07) is 14.2. The molecule has 0 radical (unpaired) electrons. The summed E-state index contributed by atoms with van der Waals surface area (Å²) >= 11 is 0. The number of rotatable bonds is 4.